The van der Waals surface area contributed by atoms with Crippen LogP contribution in [0.15, 0.2) is 29.6 Å². The Morgan fingerprint density at radius 3 is 2.79 bits per heavy atom. The van der Waals surface area contributed by atoms with Gasteiger partial charge in [0, 0.05) is 35.6 Å². The summed E-state index contributed by atoms with van der Waals surface area (Å²) in [6.45, 7) is 1.13. The predicted octanol–water partition coefficient (Wildman–Crippen LogP) is 3.10. The number of fused-ring (bicyclic) bond motifs is 1. The van der Waals surface area contributed by atoms with E-state index in [0.29, 0.717) is 12.2 Å². The monoisotopic (exact) mass is 346 g/mol. The number of thiazole rings is 1. The summed E-state index contributed by atoms with van der Waals surface area (Å²) in [5.74, 6) is -0.394. The molecule has 2 heterocycles. The van der Waals surface area contributed by atoms with Crippen LogP contribution in [-0.2, 0) is 13.1 Å². The van der Waals surface area contributed by atoms with Crippen molar-refractivity contribution >= 4 is 28.1 Å². The van der Waals surface area contributed by atoms with Crippen molar-refractivity contribution in [2.75, 3.05) is 21.1 Å². The molecule has 0 atom stereocenters. The summed E-state index contributed by atoms with van der Waals surface area (Å²) in [7, 11) is 5.67. The predicted molar refractivity (Wildman–Crippen MR) is 93.6 cm³/mol. The van der Waals surface area contributed by atoms with Crippen LogP contribution in [0.1, 0.15) is 21.2 Å². The average molecular weight is 346 g/mol. The first kappa shape index (κ1) is 16.6. The first-order valence-electron chi connectivity index (χ1n) is 7.54. The number of nitrogens with zero attached hydrogens (tertiary/aromatic N) is 3. The molecule has 3 rings (SSSR count). The van der Waals surface area contributed by atoms with Gasteiger partial charge in [0.2, 0.25) is 0 Å². The van der Waals surface area contributed by atoms with Crippen LogP contribution < -0.4 is 0 Å². The molecule has 0 saturated heterocycles. The quantitative estimate of drug-likeness (QED) is 0.772. The molecule has 1 N–H and O–H groups in total. The van der Waals surface area contributed by atoms with Crippen LogP contribution in [0.4, 0.5) is 4.39 Å². The number of carbonyl (C=O) groups excluding carboxylic acids is 1. The van der Waals surface area contributed by atoms with Crippen molar-refractivity contribution in [3.05, 3.63) is 51.9 Å². The second-order valence-electron chi connectivity index (χ2n) is 6.05. The Hall–Kier alpha value is -2.25. The zero-order chi connectivity index (χ0) is 17.3. The van der Waals surface area contributed by atoms with Gasteiger partial charge in [-0.05, 0) is 38.4 Å². The minimum atomic E-state index is -0.270. The van der Waals surface area contributed by atoms with Crippen molar-refractivity contribution in [1.29, 1.82) is 0 Å². The molecule has 3 aromatic rings. The molecule has 0 bridgehead atoms. The van der Waals surface area contributed by atoms with Gasteiger partial charge >= 0.3 is 0 Å². The van der Waals surface area contributed by atoms with Crippen LogP contribution in [0.3, 0.4) is 0 Å². The highest BCUT2D eigenvalue weighted by atomic mass is 32.1. The van der Waals surface area contributed by atoms with Gasteiger partial charge < -0.3 is 14.8 Å². The molecule has 0 aliphatic heterocycles. The Balaban J connectivity index is 1.71. The standard InChI is InChI=1S/C17H19FN4OS/c1-21(2)9-16-20-15(10-24-16)17(23)22(3)8-13-7-11-6-12(18)4-5-14(11)19-13/h4-7,10,19H,8-9H2,1-3H3. The van der Waals surface area contributed by atoms with Crippen LogP contribution in [0.5, 0.6) is 0 Å². The molecule has 0 unspecified atom stereocenters. The fourth-order valence-electron chi connectivity index (χ4n) is 2.52. The molecule has 0 fully saturated rings. The van der Waals surface area contributed by atoms with Crippen LogP contribution in [-0.4, -0.2) is 46.8 Å². The van der Waals surface area contributed by atoms with Crippen molar-refractivity contribution in [2.24, 2.45) is 0 Å². The average Bonchev–Trinajstić information content (AvgIpc) is 3.11. The highest BCUT2D eigenvalue weighted by molar-refractivity contribution is 7.09. The number of aromatic nitrogens is 2. The molecule has 0 aliphatic carbocycles. The summed E-state index contributed by atoms with van der Waals surface area (Å²) in [5.41, 5.74) is 2.17. The summed E-state index contributed by atoms with van der Waals surface area (Å²) in [4.78, 5) is 23.7. The van der Waals surface area contributed by atoms with E-state index in [1.54, 1.807) is 23.4 Å². The second-order valence-corrected chi connectivity index (χ2v) is 6.99. The lowest BCUT2D eigenvalue weighted by molar-refractivity contribution is 0.0778. The van der Waals surface area contributed by atoms with Crippen molar-refractivity contribution in [1.82, 2.24) is 19.8 Å². The molecular formula is C17H19FN4OS. The fourth-order valence-corrected chi connectivity index (χ4v) is 3.41. The summed E-state index contributed by atoms with van der Waals surface area (Å²) in [6, 6.07) is 6.45. The molecule has 126 valence electrons. The van der Waals surface area contributed by atoms with Gasteiger partial charge in [-0.2, -0.15) is 0 Å². The van der Waals surface area contributed by atoms with E-state index in [9.17, 15) is 9.18 Å². The third kappa shape index (κ3) is 3.63. The fraction of sp³-hybridized carbons (Fsp3) is 0.294. The van der Waals surface area contributed by atoms with Crippen molar-refractivity contribution in [3.8, 4) is 0 Å². The van der Waals surface area contributed by atoms with Crippen molar-refractivity contribution in [2.45, 2.75) is 13.1 Å². The Bertz CT molecular complexity index is 870. The van der Waals surface area contributed by atoms with E-state index in [-0.39, 0.29) is 11.7 Å². The number of nitrogens with one attached hydrogen (secondary N) is 1. The highest BCUT2D eigenvalue weighted by Gasteiger charge is 2.17. The van der Waals surface area contributed by atoms with Gasteiger partial charge in [0.15, 0.2) is 0 Å². The van der Waals surface area contributed by atoms with Gasteiger partial charge in [-0.25, -0.2) is 9.37 Å². The molecule has 24 heavy (non-hydrogen) atoms. The molecule has 0 radical (unpaired) electrons. The Labute approximate surface area is 143 Å². The molecule has 0 aliphatic rings. The third-order valence-electron chi connectivity index (χ3n) is 3.62. The Morgan fingerprint density at radius 1 is 1.25 bits per heavy atom. The number of benzene rings is 1. The highest BCUT2D eigenvalue weighted by Crippen LogP contribution is 2.19. The first-order valence-corrected chi connectivity index (χ1v) is 8.42. The zero-order valence-corrected chi connectivity index (χ0v) is 14.7. The van der Waals surface area contributed by atoms with E-state index >= 15 is 0 Å². The first-order chi connectivity index (χ1) is 11.4. The summed E-state index contributed by atoms with van der Waals surface area (Å²) in [5, 5.41) is 3.50. The van der Waals surface area contributed by atoms with Crippen LogP contribution in [0.25, 0.3) is 10.9 Å². The van der Waals surface area contributed by atoms with E-state index in [2.05, 4.69) is 9.97 Å². The number of hydrogen-bond donors (Lipinski definition) is 1. The summed E-state index contributed by atoms with van der Waals surface area (Å²) in [6.07, 6.45) is 0. The Kier molecular flexibility index (Phi) is 4.64. The summed E-state index contributed by atoms with van der Waals surface area (Å²) < 4.78 is 13.3. The largest absolute Gasteiger partial charge is 0.357 e. The van der Waals surface area contributed by atoms with E-state index in [1.807, 2.05) is 25.1 Å². The smallest absolute Gasteiger partial charge is 0.273 e. The van der Waals surface area contributed by atoms with E-state index < -0.39 is 0 Å². The van der Waals surface area contributed by atoms with E-state index in [1.165, 1.54) is 23.5 Å². The number of rotatable bonds is 5. The minimum absolute atomic E-state index is 0.124. The molecule has 7 heteroatoms. The third-order valence-corrected chi connectivity index (χ3v) is 4.45. The van der Waals surface area contributed by atoms with Gasteiger partial charge in [0.1, 0.15) is 16.5 Å². The number of H-pyrrole nitrogens is 1. The minimum Gasteiger partial charge on any atom is -0.357 e. The molecule has 2 aromatic heterocycles. The van der Waals surface area contributed by atoms with Crippen LogP contribution >= 0.6 is 11.3 Å². The van der Waals surface area contributed by atoms with Crippen LogP contribution in [0.2, 0.25) is 0 Å². The maximum atomic E-state index is 13.3. The van der Waals surface area contributed by atoms with Gasteiger partial charge in [-0.1, -0.05) is 0 Å². The second kappa shape index (κ2) is 6.70. The summed E-state index contributed by atoms with van der Waals surface area (Å²) >= 11 is 1.49. The molecular weight excluding hydrogens is 327 g/mol. The number of aromatic amines is 1. The normalized spacial score (nSPS) is 11.4. The lowest BCUT2D eigenvalue weighted by Gasteiger charge is -2.14. The number of amides is 1. The molecule has 1 aromatic carbocycles. The van der Waals surface area contributed by atoms with Crippen molar-refractivity contribution < 1.29 is 9.18 Å². The molecule has 0 spiro atoms. The maximum absolute atomic E-state index is 13.3. The lowest BCUT2D eigenvalue weighted by atomic mass is 10.2. The topological polar surface area (TPSA) is 52.2 Å². The van der Waals surface area contributed by atoms with Crippen molar-refractivity contribution in [3.63, 3.8) is 0 Å². The van der Waals surface area contributed by atoms with Gasteiger partial charge in [0.05, 0.1) is 6.54 Å². The molecule has 5 nitrogen and oxygen atoms in total. The number of carbonyl (C=O) groups is 1. The zero-order valence-electron chi connectivity index (χ0n) is 13.8. The maximum Gasteiger partial charge on any atom is 0.273 e. The lowest BCUT2D eigenvalue weighted by Crippen LogP contribution is -2.26. The van der Waals surface area contributed by atoms with Gasteiger partial charge in [-0.3, -0.25) is 4.79 Å². The van der Waals surface area contributed by atoms with E-state index in [0.717, 1.165) is 28.1 Å². The number of halogens is 1. The number of hydrogen-bond acceptors (Lipinski definition) is 4. The van der Waals surface area contributed by atoms with Gasteiger partial charge in [0.25, 0.3) is 5.91 Å². The van der Waals surface area contributed by atoms with E-state index in [4.69, 9.17) is 0 Å². The molecule has 1 amide bonds. The van der Waals surface area contributed by atoms with Gasteiger partial charge in [-0.15, -0.1) is 11.3 Å². The van der Waals surface area contributed by atoms with Crippen LogP contribution in [0, 0.1) is 5.82 Å². The molecule has 0 saturated carbocycles. The SMILES string of the molecule is CN(C)Cc1nc(C(=O)N(C)Cc2cc3cc(F)ccc3[nH]2)cs1. The Morgan fingerprint density at radius 2 is 2.04 bits per heavy atom.